The van der Waals surface area contributed by atoms with Crippen LogP contribution in [-0.4, -0.2) is 32.1 Å². The monoisotopic (exact) mass is 368 g/mol. The number of fused-ring (bicyclic) bond motifs is 1. The molecule has 0 radical (unpaired) electrons. The third kappa shape index (κ3) is 2.36. The molecule has 0 bridgehead atoms. The van der Waals surface area contributed by atoms with E-state index in [1.807, 2.05) is 24.1 Å². The SMILES string of the molecule is Cn1ncnc1CN1CCc2ccc(I)cc2C1=O. The summed E-state index contributed by atoms with van der Waals surface area (Å²) in [5.41, 5.74) is 1.96. The zero-order chi connectivity index (χ0) is 13.4. The molecule has 0 saturated heterocycles. The quantitative estimate of drug-likeness (QED) is 0.757. The molecule has 0 fully saturated rings. The first-order chi connectivity index (χ1) is 9.15. The van der Waals surface area contributed by atoms with Crippen LogP contribution in [0.1, 0.15) is 21.7 Å². The van der Waals surface area contributed by atoms with Crippen molar-refractivity contribution in [3.05, 3.63) is 45.0 Å². The number of aryl methyl sites for hydroxylation is 1. The van der Waals surface area contributed by atoms with Crippen molar-refractivity contribution in [3.8, 4) is 0 Å². The molecule has 0 N–H and O–H groups in total. The molecule has 3 rings (SSSR count). The van der Waals surface area contributed by atoms with Crippen LogP contribution in [0.3, 0.4) is 0 Å². The van der Waals surface area contributed by atoms with E-state index in [0.717, 1.165) is 33.5 Å². The van der Waals surface area contributed by atoms with Crippen LogP contribution in [0.5, 0.6) is 0 Å². The molecule has 2 heterocycles. The number of halogens is 1. The fraction of sp³-hybridized carbons (Fsp3) is 0.308. The molecule has 0 saturated carbocycles. The molecule has 1 aromatic heterocycles. The van der Waals surface area contributed by atoms with Crippen molar-refractivity contribution in [1.82, 2.24) is 19.7 Å². The van der Waals surface area contributed by atoms with E-state index in [-0.39, 0.29) is 5.91 Å². The van der Waals surface area contributed by atoms with Crippen molar-refractivity contribution in [1.29, 1.82) is 0 Å². The van der Waals surface area contributed by atoms with Crippen molar-refractivity contribution in [2.45, 2.75) is 13.0 Å². The van der Waals surface area contributed by atoms with Crippen molar-refractivity contribution < 1.29 is 4.79 Å². The summed E-state index contributed by atoms with van der Waals surface area (Å²) >= 11 is 2.23. The molecule has 1 aliphatic rings. The van der Waals surface area contributed by atoms with E-state index in [2.05, 4.69) is 38.7 Å². The Balaban J connectivity index is 1.87. The molecular formula is C13H13IN4O. The second-order valence-corrected chi connectivity index (χ2v) is 5.82. The molecule has 2 aromatic rings. The summed E-state index contributed by atoms with van der Waals surface area (Å²) in [4.78, 5) is 18.5. The lowest BCUT2D eigenvalue weighted by molar-refractivity contribution is 0.0720. The lowest BCUT2D eigenvalue weighted by Gasteiger charge is -2.28. The zero-order valence-corrected chi connectivity index (χ0v) is 12.7. The van der Waals surface area contributed by atoms with Gasteiger partial charge in [-0.3, -0.25) is 9.48 Å². The van der Waals surface area contributed by atoms with Crippen molar-refractivity contribution in [2.24, 2.45) is 7.05 Å². The highest BCUT2D eigenvalue weighted by atomic mass is 127. The second kappa shape index (κ2) is 4.92. The number of amides is 1. The minimum Gasteiger partial charge on any atom is -0.331 e. The van der Waals surface area contributed by atoms with Gasteiger partial charge >= 0.3 is 0 Å². The summed E-state index contributed by atoms with van der Waals surface area (Å²) in [6.07, 6.45) is 2.41. The molecule has 0 atom stereocenters. The Morgan fingerprint density at radius 3 is 3.00 bits per heavy atom. The Labute approximate surface area is 124 Å². The summed E-state index contributed by atoms with van der Waals surface area (Å²) in [5, 5.41) is 4.03. The maximum Gasteiger partial charge on any atom is 0.254 e. The van der Waals surface area contributed by atoms with E-state index in [4.69, 9.17) is 0 Å². The Hall–Kier alpha value is -1.44. The number of hydrogen-bond acceptors (Lipinski definition) is 3. The Morgan fingerprint density at radius 2 is 2.26 bits per heavy atom. The van der Waals surface area contributed by atoms with E-state index < -0.39 is 0 Å². The first kappa shape index (κ1) is 12.6. The number of carbonyl (C=O) groups is 1. The van der Waals surface area contributed by atoms with Crippen molar-refractivity contribution >= 4 is 28.5 Å². The summed E-state index contributed by atoms with van der Waals surface area (Å²) in [7, 11) is 1.84. The van der Waals surface area contributed by atoms with Gasteiger partial charge in [-0.05, 0) is 46.7 Å². The largest absolute Gasteiger partial charge is 0.331 e. The smallest absolute Gasteiger partial charge is 0.254 e. The highest BCUT2D eigenvalue weighted by molar-refractivity contribution is 14.1. The van der Waals surface area contributed by atoms with E-state index in [1.54, 1.807) is 4.68 Å². The van der Waals surface area contributed by atoms with Crippen LogP contribution in [0.25, 0.3) is 0 Å². The van der Waals surface area contributed by atoms with Crippen molar-refractivity contribution in [2.75, 3.05) is 6.54 Å². The zero-order valence-electron chi connectivity index (χ0n) is 10.5. The Morgan fingerprint density at radius 1 is 1.42 bits per heavy atom. The number of hydrogen-bond donors (Lipinski definition) is 0. The van der Waals surface area contributed by atoms with Gasteiger partial charge in [0.05, 0.1) is 6.54 Å². The first-order valence-corrected chi connectivity index (χ1v) is 7.13. The molecule has 6 heteroatoms. The number of benzene rings is 1. The number of rotatable bonds is 2. The Bertz CT molecular complexity index is 637. The van der Waals surface area contributed by atoms with Crippen LogP contribution in [0.15, 0.2) is 24.5 Å². The number of carbonyl (C=O) groups excluding carboxylic acids is 1. The second-order valence-electron chi connectivity index (χ2n) is 4.58. The summed E-state index contributed by atoms with van der Waals surface area (Å²) in [6, 6.07) is 6.06. The molecule has 0 spiro atoms. The molecule has 19 heavy (non-hydrogen) atoms. The minimum atomic E-state index is 0.0859. The van der Waals surface area contributed by atoms with Crippen LogP contribution in [0, 0.1) is 3.57 Å². The summed E-state index contributed by atoms with van der Waals surface area (Å²) in [6.45, 7) is 1.25. The van der Waals surface area contributed by atoms with E-state index in [1.165, 1.54) is 6.33 Å². The van der Waals surface area contributed by atoms with Crippen LogP contribution >= 0.6 is 22.6 Å². The van der Waals surface area contributed by atoms with E-state index in [0.29, 0.717) is 6.54 Å². The highest BCUT2D eigenvalue weighted by Gasteiger charge is 2.25. The fourth-order valence-corrected chi connectivity index (χ4v) is 2.77. The molecule has 1 amide bonds. The molecule has 0 aliphatic carbocycles. The molecule has 1 aliphatic heterocycles. The predicted octanol–water partition coefficient (Wildman–Crippen LogP) is 1.62. The molecule has 5 nitrogen and oxygen atoms in total. The molecule has 0 unspecified atom stereocenters. The van der Waals surface area contributed by atoms with E-state index in [9.17, 15) is 4.79 Å². The highest BCUT2D eigenvalue weighted by Crippen LogP contribution is 2.22. The third-order valence-corrected chi connectivity index (χ3v) is 4.05. The van der Waals surface area contributed by atoms with Gasteiger partial charge < -0.3 is 4.90 Å². The lowest BCUT2D eigenvalue weighted by Crippen LogP contribution is -2.37. The molecule has 1 aromatic carbocycles. The topological polar surface area (TPSA) is 51.0 Å². The van der Waals surface area contributed by atoms with Gasteiger partial charge in [-0.1, -0.05) is 6.07 Å². The fourth-order valence-electron chi connectivity index (χ4n) is 2.28. The predicted molar refractivity (Wildman–Crippen MR) is 78.6 cm³/mol. The van der Waals surface area contributed by atoms with Crippen molar-refractivity contribution in [3.63, 3.8) is 0 Å². The van der Waals surface area contributed by atoms with Gasteiger partial charge in [0.2, 0.25) is 0 Å². The standard InChI is InChI=1S/C13H13IN4O/c1-17-12(15-8-16-17)7-18-5-4-9-2-3-10(14)6-11(9)13(18)19/h2-3,6,8H,4-5,7H2,1H3. The van der Waals surface area contributed by atoms with E-state index >= 15 is 0 Å². The maximum absolute atomic E-state index is 12.5. The normalized spacial score (nSPS) is 14.6. The third-order valence-electron chi connectivity index (χ3n) is 3.38. The van der Waals surface area contributed by atoms with Gasteiger partial charge in [0.15, 0.2) is 0 Å². The average Bonchev–Trinajstić information content (AvgIpc) is 2.79. The Kier molecular flexibility index (Phi) is 3.26. The van der Waals surface area contributed by atoms with Gasteiger partial charge in [0, 0.05) is 22.7 Å². The number of nitrogens with zero attached hydrogens (tertiary/aromatic N) is 4. The summed E-state index contributed by atoms with van der Waals surface area (Å²) < 4.78 is 2.79. The van der Waals surface area contributed by atoms with Gasteiger partial charge in [-0.15, -0.1) is 0 Å². The number of aromatic nitrogens is 3. The average molecular weight is 368 g/mol. The van der Waals surface area contributed by atoms with Gasteiger partial charge in [0.25, 0.3) is 5.91 Å². The van der Waals surface area contributed by atoms with Gasteiger partial charge in [-0.2, -0.15) is 5.10 Å². The molecule has 98 valence electrons. The first-order valence-electron chi connectivity index (χ1n) is 6.06. The van der Waals surface area contributed by atoms with Crippen LogP contribution < -0.4 is 0 Å². The van der Waals surface area contributed by atoms with Gasteiger partial charge in [0.1, 0.15) is 12.2 Å². The minimum absolute atomic E-state index is 0.0859. The van der Waals surface area contributed by atoms with Crippen LogP contribution in [-0.2, 0) is 20.0 Å². The van der Waals surface area contributed by atoms with Gasteiger partial charge in [-0.25, -0.2) is 4.98 Å². The molecular weight excluding hydrogens is 355 g/mol. The maximum atomic E-state index is 12.5. The lowest BCUT2D eigenvalue weighted by atomic mass is 9.99. The van der Waals surface area contributed by atoms with Crippen LogP contribution in [0.2, 0.25) is 0 Å². The summed E-state index contributed by atoms with van der Waals surface area (Å²) in [5.74, 6) is 0.894. The van der Waals surface area contributed by atoms with Crippen LogP contribution in [0.4, 0.5) is 0 Å².